The lowest BCUT2D eigenvalue weighted by molar-refractivity contribution is 0.609. The third kappa shape index (κ3) is 5.74. The van der Waals surface area contributed by atoms with Crippen molar-refractivity contribution in [1.82, 2.24) is 5.32 Å². The molecule has 0 aromatic heterocycles. The highest BCUT2D eigenvalue weighted by Gasteiger charge is 2.05. The standard InChI is InChI=1S/C17H19ClN2S/c1-13(10-11-14-6-3-2-4-7-14)19-17(21)20-16-9-5-8-15(18)12-16/h2-9,12-13H,10-11H2,1H3,(H2,19,20,21)/t13-/m0/s1. The van der Waals surface area contributed by atoms with Gasteiger partial charge >= 0.3 is 0 Å². The van der Waals surface area contributed by atoms with Crippen molar-refractivity contribution in [2.75, 3.05) is 5.32 Å². The van der Waals surface area contributed by atoms with E-state index < -0.39 is 0 Å². The first kappa shape index (κ1) is 15.8. The maximum atomic E-state index is 5.95. The number of nitrogens with one attached hydrogen (secondary N) is 2. The zero-order chi connectivity index (χ0) is 15.1. The number of hydrogen-bond acceptors (Lipinski definition) is 1. The second kappa shape index (κ2) is 8.01. The molecule has 4 heteroatoms. The van der Waals surface area contributed by atoms with Gasteiger partial charge in [-0.3, -0.25) is 0 Å². The van der Waals surface area contributed by atoms with Crippen LogP contribution in [0, 0.1) is 0 Å². The van der Waals surface area contributed by atoms with E-state index in [9.17, 15) is 0 Å². The number of anilines is 1. The number of halogens is 1. The Morgan fingerprint density at radius 3 is 2.62 bits per heavy atom. The van der Waals surface area contributed by atoms with Crippen LogP contribution in [0.25, 0.3) is 0 Å². The molecule has 0 spiro atoms. The quantitative estimate of drug-likeness (QED) is 0.785. The fourth-order valence-corrected chi connectivity index (χ4v) is 2.57. The summed E-state index contributed by atoms with van der Waals surface area (Å²) in [5.74, 6) is 0. The van der Waals surface area contributed by atoms with Crippen molar-refractivity contribution >= 4 is 34.6 Å². The van der Waals surface area contributed by atoms with Crippen molar-refractivity contribution in [3.8, 4) is 0 Å². The Hall–Kier alpha value is -1.58. The van der Waals surface area contributed by atoms with E-state index in [2.05, 4.69) is 41.8 Å². The number of hydrogen-bond donors (Lipinski definition) is 2. The second-order valence-electron chi connectivity index (χ2n) is 5.03. The molecule has 21 heavy (non-hydrogen) atoms. The van der Waals surface area contributed by atoms with Crippen LogP contribution in [0.2, 0.25) is 5.02 Å². The first-order valence-electron chi connectivity index (χ1n) is 7.00. The molecule has 0 saturated heterocycles. The van der Waals surface area contributed by atoms with Crippen molar-refractivity contribution in [3.05, 3.63) is 65.2 Å². The van der Waals surface area contributed by atoms with Crippen LogP contribution in [0.1, 0.15) is 18.9 Å². The summed E-state index contributed by atoms with van der Waals surface area (Å²) in [4.78, 5) is 0. The van der Waals surface area contributed by atoms with Crippen LogP contribution in [0.15, 0.2) is 54.6 Å². The Bertz CT molecular complexity index is 586. The topological polar surface area (TPSA) is 24.1 Å². The van der Waals surface area contributed by atoms with Crippen LogP contribution in [0.5, 0.6) is 0 Å². The fraction of sp³-hybridized carbons (Fsp3) is 0.235. The molecular formula is C17H19ClN2S. The molecule has 2 aromatic rings. The van der Waals surface area contributed by atoms with E-state index in [1.807, 2.05) is 30.3 Å². The highest BCUT2D eigenvalue weighted by atomic mass is 35.5. The van der Waals surface area contributed by atoms with Crippen LogP contribution < -0.4 is 10.6 Å². The molecule has 0 aliphatic carbocycles. The molecule has 0 heterocycles. The molecule has 2 nitrogen and oxygen atoms in total. The Morgan fingerprint density at radius 1 is 1.14 bits per heavy atom. The summed E-state index contributed by atoms with van der Waals surface area (Å²) in [5.41, 5.74) is 2.25. The van der Waals surface area contributed by atoms with Crippen molar-refractivity contribution in [1.29, 1.82) is 0 Å². The van der Waals surface area contributed by atoms with Gasteiger partial charge < -0.3 is 10.6 Å². The minimum atomic E-state index is 0.310. The molecule has 0 saturated carbocycles. The Kier molecular flexibility index (Phi) is 6.03. The SMILES string of the molecule is C[C@@H](CCc1ccccc1)NC(=S)Nc1cccc(Cl)c1. The van der Waals surface area contributed by atoms with Crippen molar-refractivity contribution < 1.29 is 0 Å². The summed E-state index contributed by atoms with van der Waals surface area (Å²) >= 11 is 11.3. The van der Waals surface area contributed by atoms with Crippen LogP contribution in [0.4, 0.5) is 5.69 Å². The zero-order valence-corrected chi connectivity index (χ0v) is 13.5. The molecule has 0 bridgehead atoms. The highest BCUT2D eigenvalue weighted by Crippen LogP contribution is 2.14. The molecule has 0 unspecified atom stereocenters. The predicted octanol–water partition coefficient (Wildman–Crippen LogP) is 4.65. The largest absolute Gasteiger partial charge is 0.360 e. The van der Waals surface area contributed by atoms with E-state index in [1.54, 1.807) is 0 Å². The molecule has 2 rings (SSSR count). The third-order valence-electron chi connectivity index (χ3n) is 3.17. The number of benzene rings is 2. The Balaban J connectivity index is 1.77. The first-order chi connectivity index (χ1) is 10.1. The Morgan fingerprint density at radius 2 is 1.90 bits per heavy atom. The summed E-state index contributed by atoms with van der Waals surface area (Å²) in [6.07, 6.45) is 2.07. The number of thiocarbonyl (C=S) groups is 1. The van der Waals surface area contributed by atoms with E-state index >= 15 is 0 Å². The van der Waals surface area contributed by atoms with Crippen LogP contribution in [-0.2, 0) is 6.42 Å². The van der Waals surface area contributed by atoms with Crippen molar-refractivity contribution in [3.63, 3.8) is 0 Å². The van der Waals surface area contributed by atoms with Crippen molar-refractivity contribution in [2.45, 2.75) is 25.8 Å². The van der Waals surface area contributed by atoms with Gasteiger partial charge in [0.05, 0.1) is 0 Å². The van der Waals surface area contributed by atoms with E-state index in [4.69, 9.17) is 23.8 Å². The van der Waals surface area contributed by atoms with Gasteiger partial charge in [-0.15, -0.1) is 0 Å². The van der Waals surface area contributed by atoms with Gasteiger partial charge in [0.25, 0.3) is 0 Å². The first-order valence-corrected chi connectivity index (χ1v) is 7.79. The van der Waals surface area contributed by atoms with Crippen molar-refractivity contribution in [2.24, 2.45) is 0 Å². The highest BCUT2D eigenvalue weighted by molar-refractivity contribution is 7.80. The second-order valence-corrected chi connectivity index (χ2v) is 5.88. The smallest absolute Gasteiger partial charge is 0.170 e. The van der Waals surface area contributed by atoms with E-state index in [1.165, 1.54) is 5.56 Å². The molecular weight excluding hydrogens is 300 g/mol. The Labute approximate surface area is 136 Å². The van der Waals surface area contributed by atoms with Gasteiger partial charge in [-0.2, -0.15) is 0 Å². The van der Waals surface area contributed by atoms with Gasteiger partial charge in [-0.25, -0.2) is 0 Å². The molecule has 0 aliphatic rings. The lowest BCUT2D eigenvalue weighted by Gasteiger charge is -2.17. The van der Waals surface area contributed by atoms with Gasteiger partial charge in [0, 0.05) is 16.8 Å². The summed E-state index contributed by atoms with van der Waals surface area (Å²) < 4.78 is 0. The molecule has 2 aromatic carbocycles. The minimum absolute atomic E-state index is 0.310. The number of aryl methyl sites for hydroxylation is 1. The number of rotatable bonds is 5. The third-order valence-corrected chi connectivity index (χ3v) is 3.62. The average Bonchev–Trinajstić information content (AvgIpc) is 2.46. The molecule has 1 atom stereocenters. The summed E-state index contributed by atoms with van der Waals surface area (Å²) in [6.45, 7) is 2.13. The van der Waals surface area contributed by atoms with Crippen LogP contribution >= 0.6 is 23.8 Å². The molecule has 0 radical (unpaired) electrons. The van der Waals surface area contributed by atoms with Gasteiger partial charge in [-0.05, 0) is 55.7 Å². The molecule has 110 valence electrons. The van der Waals surface area contributed by atoms with E-state index in [0.717, 1.165) is 18.5 Å². The zero-order valence-electron chi connectivity index (χ0n) is 12.0. The average molecular weight is 319 g/mol. The molecule has 2 N–H and O–H groups in total. The van der Waals surface area contributed by atoms with Gasteiger partial charge in [0.1, 0.15) is 0 Å². The normalized spacial score (nSPS) is 11.7. The summed E-state index contributed by atoms with van der Waals surface area (Å²) in [6, 6.07) is 18.3. The van der Waals surface area contributed by atoms with Crippen LogP contribution in [0.3, 0.4) is 0 Å². The molecule has 0 amide bonds. The molecule has 0 aliphatic heterocycles. The maximum Gasteiger partial charge on any atom is 0.170 e. The van der Waals surface area contributed by atoms with E-state index in [0.29, 0.717) is 16.2 Å². The maximum absolute atomic E-state index is 5.95. The predicted molar refractivity (Wildman–Crippen MR) is 95.0 cm³/mol. The lowest BCUT2D eigenvalue weighted by Crippen LogP contribution is -2.36. The van der Waals surface area contributed by atoms with Gasteiger partial charge in [0.15, 0.2) is 5.11 Å². The summed E-state index contributed by atoms with van der Waals surface area (Å²) in [7, 11) is 0. The lowest BCUT2D eigenvalue weighted by atomic mass is 10.1. The van der Waals surface area contributed by atoms with Crippen LogP contribution in [-0.4, -0.2) is 11.2 Å². The summed E-state index contributed by atoms with van der Waals surface area (Å²) in [5, 5.41) is 7.76. The van der Waals surface area contributed by atoms with Gasteiger partial charge in [-0.1, -0.05) is 48.0 Å². The molecule has 0 fully saturated rings. The minimum Gasteiger partial charge on any atom is -0.360 e. The monoisotopic (exact) mass is 318 g/mol. The fourth-order valence-electron chi connectivity index (χ4n) is 2.06. The van der Waals surface area contributed by atoms with E-state index in [-0.39, 0.29) is 0 Å². The van der Waals surface area contributed by atoms with Gasteiger partial charge in [0.2, 0.25) is 0 Å².